The Bertz CT molecular complexity index is 597. The Labute approximate surface area is 138 Å². The minimum Gasteiger partial charge on any atom is -0.481 e. The number of rotatable bonds is 9. The molecule has 1 aromatic carbocycles. The van der Waals surface area contributed by atoms with Crippen molar-refractivity contribution in [3.63, 3.8) is 0 Å². The topological polar surface area (TPSA) is 84.5 Å². The Morgan fingerprint density at radius 1 is 1.17 bits per heavy atom. The molecule has 0 aliphatic carbocycles. The summed E-state index contributed by atoms with van der Waals surface area (Å²) in [6.45, 7) is 7.81. The molecular weight excluding hydrogens is 316 g/mol. The Morgan fingerprint density at radius 2 is 1.78 bits per heavy atom. The maximum atomic E-state index is 12.1. The van der Waals surface area contributed by atoms with Crippen LogP contribution in [-0.2, 0) is 14.8 Å². The normalized spacial score (nSPS) is 12.9. The molecule has 23 heavy (non-hydrogen) atoms. The van der Waals surface area contributed by atoms with E-state index in [-0.39, 0.29) is 16.8 Å². The molecule has 0 radical (unpaired) electrons. The molecule has 0 fully saturated rings. The van der Waals surface area contributed by atoms with Crippen molar-refractivity contribution in [2.24, 2.45) is 0 Å². The van der Waals surface area contributed by atoms with Gasteiger partial charge in [0.05, 0.1) is 4.90 Å². The summed E-state index contributed by atoms with van der Waals surface area (Å²) < 4.78 is 32.2. The number of amides is 1. The quantitative estimate of drug-likeness (QED) is 0.673. The van der Waals surface area contributed by atoms with Gasteiger partial charge in [-0.25, -0.2) is 13.1 Å². The molecule has 6 nitrogen and oxygen atoms in total. The van der Waals surface area contributed by atoms with Crippen molar-refractivity contribution in [2.45, 2.75) is 57.6 Å². The molecule has 0 spiro atoms. The zero-order valence-corrected chi connectivity index (χ0v) is 14.9. The van der Waals surface area contributed by atoms with Crippen molar-refractivity contribution in [1.82, 2.24) is 10.0 Å². The fraction of sp³-hybridized carbons (Fsp3) is 0.562. The summed E-state index contributed by atoms with van der Waals surface area (Å²) in [6.07, 6.45) is 1.07. The van der Waals surface area contributed by atoms with Crippen molar-refractivity contribution < 1.29 is 17.9 Å². The molecule has 130 valence electrons. The molecule has 1 atom stereocenters. The molecule has 7 heteroatoms. The van der Waals surface area contributed by atoms with Crippen LogP contribution in [0.15, 0.2) is 29.2 Å². The molecular formula is C16H26N2O4S. The van der Waals surface area contributed by atoms with Crippen LogP contribution in [0.5, 0.6) is 5.75 Å². The maximum absolute atomic E-state index is 12.1. The summed E-state index contributed by atoms with van der Waals surface area (Å²) in [6, 6.07) is 6.07. The molecule has 0 aromatic heterocycles. The van der Waals surface area contributed by atoms with Crippen LogP contribution in [0.2, 0.25) is 0 Å². The summed E-state index contributed by atoms with van der Waals surface area (Å²) in [5, 5.41) is 2.76. The van der Waals surface area contributed by atoms with Crippen LogP contribution in [-0.4, -0.2) is 33.0 Å². The molecule has 1 amide bonds. The minimum absolute atomic E-state index is 0.0373. The summed E-state index contributed by atoms with van der Waals surface area (Å²) in [5.74, 6) is 0.238. The highest BCUT2D eigenvalue weighted by atomic mass is 32.2. The molecule has 0 aliphatic rings. The van der Waals surface area contributed by atoms with Gasteiger partial charge in [-0.3, -0.25) is 4.79 Å². The summed E-state index contributed by atoms with van der Waals surface area (Å²) in [5.41, 5.74) is 0. The van der Waals surface area contributed by atoms with Crippen LogP contribution >= 0.6 is 0 Å². The number of nitrogens with one attached hydrogen (secondary N) is 2. The number of unbranched alkanes of at least 4 members (excludes halogenated alkanes) is 1. The van der Waals surface area contributed by atoms with E-state index in [1.807, 2.05) is 20.8 Å². The zero-order valence-electron chi connectivity index (χ0n) is 14.1. The Balaban J connectivity index is 2.67. The second-order valence-corrected chi connectivity index (χ2v) is 7.41. The molecule has 0 bridgehead atoms. The highest BCUT2D eigenvalue weighted by molar-refractivity contribution is 7.89. The first-order valence-corrected chi connectivity index (χ1v) is 9.31. The van der Waals surface area contributed by atoms with Crippen LogP contribution in [0.25, 0.3) is 0 Å². The molecule has 0 saturated carbocycles. The summed E-state index contributed by atoms with van der Waals surface area (Å²) in [7, 11) is -3.49. The molecule has 0 saturated heterocycles. The monoisotopic (exact) mass is 342 g/mol. The van der Waals surface area contributed by atoms with Gasteiger partial charge >= 0.3 is 0 Å². The van der Waals surface area contributed by atoms with E-state index in [4.69, 9.17) is 4.74 Å². The van der Waals surface area contributed by atoms with E-state index in [1.54, 1.807) is 19.1 Å². The van der Waals surface area contributed by atoms with Crippen molar-refractivity contribution in [2.75, 3.05) is 6.54 Å². The van der Waals surface area contributed by atoms with Gasteiger partial charge in [-0.2, -0.15) is 0 Å². The SMILES string of the molecule is CCCCNS(=O)(=O)c1ccc(O[C@H](C)C(=O)NC(C)C)cc1. The van der Waals surface area contributed by atoms with E-state index < -0.39 is 16.1 Å². The van der Waals surface area contributed by atoms with Crippen LogP contribution in [0.4, 0.5) is 0 Å². The Kier molecular flexibility index (Phi) is 7.51. The van der Waals surface area contributed by atoms with Crippen LogP contribution in [0.1, 0.15) is 40.5 Å². The summed E-state index contributed by atoms with van der Waals surface area (Å²) in [4.78, 5) is 12.0. The largest absolute Gasteiger partial charge is 0.481 e. The van der Waals surface area contributed by atoms with Gasteiger partial charge in [0, 0.05) is 12.6 Å². The first-order valence-electron chi connectivity index (χ1n) is 7.83. The maximum Gasteiger partial charge on any atom is 0.260 e. The smallest absolute Gasteiger partial charge is 0.260 e. The lowest BCUT2D eigenvalue weighted by molar-refractivity contribution is -0.127. The standard InChI is InChI=1S/C16H26N2O4S/c1-5-6-11-17-23(20,21)15-9-7-14(8-10-15)22-13(4)16(19)18-12(2)3/h7-10,12-13,17H,5-6,11H2,1-4H3,(H,18,19)/t13-/m1/s1. The van der Waals surface area contributed by atoms with Gasteiger partial charge in [0.25, 0.3) is 5.91 Å². The van der Waals surface area contributed by atoms with Gasteiger partial charge in [0.2, 0.25) is 10.0 Å². The third kappa shape index (κ3) is 6.58. The predicted octanol–water partition coefficient (Wildman–Crippen LogP) is 2.06. The van der Waals surface area contributed by atoms with Gasteiger partial charge < -0.3 is 10.1 Å². The van der Waals surface area contributed by atoms with Gasteiger partial charge in [0.1, 0.15) is 5.75 Å². The second kappa shape index (κ2) is 8.88. The van der Waals surface area contributed by atoms with E-state index in [2.05, 4.69) is 10.0 Å². The number of carbonyl (C=O) groups excluding carboxylic acids is 1. The van der Waals surface area contributed by atoms with Crippen molar-refractivity contribution in [3.05, 3.63) is 24.3 Å². The van der Waals surface area contributed by atoms with Gasteiger partial charge in [-0.1, -0.05) is 13.3 Å². The fourth-order valence-corrected chi connectivity index (χ4v) is 2.90. The van der Waals surface area contributed by atoms with Crippen molar-refractivity contribution in [1.29, 1.82) is 0 Å². The molecule has 0 unspecified atom stereocenters. The van der Waals surface area contributed by atoms with E-state index in [1.165, 1.54) is 12.1 Å². The first kappa shape index (κ1) is 19.4. The van der Waals surface area contributed by atoms with E-state index in [9.17, 15) is 13.2 Å². The van der Waals surface area contributed by atoms with E-state index >= 15 is 0 Å². The van der Waals surface area contributed by atoms with E-state index in [0.29, 0.717) is 12.3 Å². The van der Waals surface area contributed by atoms with Gasteiger partial charge in [0.15, 0.2) is 6.10 Å². The number of benzene rings is 1. The van der Waals surface area contributed by atoms with Gasteiger partial charge in [-0.05, 0) is 51.5 Å². The zero-order chi connectivity index (χ0) is 17.5. The van der Waals surface area contributed by atoms with Crippen LogP contribution < -0.4 is 14.8 Å². The molecule has 0 aliphatic heterocycles. The lowest BCUT2D eigenvalue weighted by atomic mass is 10.3. The van der Waals surface area contributed by atoms with Crippen molar-refractivity contribution in [3.8, 4) is 5.75 Å². The number of carbonyl (C=O) groups is 1. The predicted molar refractivity (Wildman–Crippen MR) is 89.9 cm³/mol. The minimum atomic E-state index is -3.49. The lowest BCUT2D eigenvalue weighted by Gasteiger charge is -2.16. The first-order chi connectivity index (χ1) is 10.8. The number of hydrogen-bond acceptors (Lipinski definition) is 4. The highest BCUT2D eigenvalue weighted by Crippen LogP contribution is 2.17. The third-order valence-electron chi connectivity index (χ3n) is 3.07. The second-order valence-electron chi connectivity index (χ2n) is 5.65. The lowest BCUT2D eigenvalue weighted by Crippen LogP contribution is -2.40. The summed E-state index contributed by atoms with van der Waals surface area (Å²) >= 11 is 0. The molecule has 1 aromatic rings. The van der Waals surface area contributed by atoms with Gasteiger partial charge in [-0.15, -0.1) is 0 Å². The van der Waals surface area contributed by atoms with Crippen LogP contribution in [0.3, 0.4) is 0 Å². The molecule has 2 N–H and O–H groups in total. The number of hydrogen-bond donors (Lipinski definition) is 2. The number of sulfonamides is 1. The average molecular weight is 342 g/mol. The van der Waals surface area contributed by atoms with E-state index in [0.717, 1.165) is 12.8 Å². The molecule has 0 heterocycles. The highest BCUT2D eigenvalue weighted by Gasteiger charge is 2.17. The average Bonchev–Trinajstić information content (AvgIpc) is 2.47. The third-order valence-corrected chi connectivity index (χ3v) is 4.55. The number of ether oxygens (including phenoxy) is 1. The Morgan fingerprint density at radius 3 is 2.30 bits per heavy atom. The Hall–Kier alpha value is -1.60. The fourth-order valence-electron chi connectivity index (χ4n) is 1.82. The van der Waals surface area contributed by atoms with Crippen molar-refractivity contribution >= 4 is 15.9 Å². The molecule has 1 rings (SSSR count). The van der Waals surface area contributed by atoms with Crippen LogP contribution in [0, 0.1) is 0 Å².